The number of hydrogen-bond donors (Lipinski definition) is 0. The maximum atomic E-state index is 15.1. The molecule has 1 atom stereocenters. The SMILES string of the molecule is CCc1ccc(C2CCc3c(ccc(-c4ccc(F)cc4)c3F)C2)cc1. The Labute approximate surface area is 153 Å². The zero-order valence-electron chi connectivity index (χ0n) is 14.9. The van der Waals surface area contributed by atoms with E-state index in [1.807, 2.05) is 12.1 Å². The van der Waals surface area contributed by atoms with Crippen molar-refractivity contribution in [3.05, 3.63) is 94.6 Å². The Morgan fingerprint density at radius 2 is 1.62 bits per heavy atom. The number of halogens is 2. The predicted molar refractivity (Wildman–Crippen MR) is 102 cm³/mol. The molecular formula is C24H22F2. The number of rotatable bonds is 3. The molecule has 0 aromatic heterocycles. The summed E-state index contributed by atoms with van der Waals surface area (Å²) in [6.07, 6.45) is 3.63. The second-order valence-electron chi connectivity index (χ2n) is 7.11. The molecule has 0 fully saturated rings. The first-order valence-corrected chi connectivity index (χ1v) is 9.30. The molecular weight excluding hydrogens is 326 g/mol. The van der Waals surface area contributed by atoms with Gasteiger partial charge in [-0.2, -0.15) is 0 Å². The topological polar surface area (TPSA) is 0 Å². The Kier molecular flexibility index (Phi) is 4.58. The van der Waals surface area contributed by atoms with Crippen molar-refractivity contribution in [3.63, 3.8) is 0 Å². The molecule has 0 nitrogen and oxygen atoms in total. The van der Waals surface area contributed by atoms with Crippen LogP contribution in [-0.2, 0) is 19.3 Å². The van der Waals surface area contributed by atoms with Crippen LogP contribution in [0.2, 0.25) is 0 Å². The van der Waals surface area contributed by atoms with E-state index in [1.165, 1.54) is 23.3 Å². The van der Waals surface area contributed by atoms with Crippen molar-refractivity contribution in [1.29, 1.82) is 0 Å². The van der Waals surface area contributed by atoms with Crippen molar-refractivity contribution < 1.29 is 8.78 Å². The van der Waals surface area contributed by atoms with Gasteiger partial charge < -0.3 is 0 Å². The highest BCUT2D eigenvalue weighted by Gasteiger charge is 2.24. The second-order valence-corrected chi connectivity index (χ2v) is 7.11. The summed E-state index contributed by atoms with van der Waals surface area (Å²) >= 11 is 0. The summed E-state index contributed by atoms with van der Waals surface area (Å²) in [5.74, 6) is 0.00224. The minimum absolute atomic E-state index is 0.145. The third-order valence-electron chi connectivity index (χ3n) is 5.56. The average molecular weight is 348 g/mol. The van der Waals surface area contributed by atoms with E-state index in [4.69, 9.17) is 0 Å². The van der Waals surface area contributed by atoms with Gasteiger partial charge in [-0.1, -0.05) is 55.5 Å². The van der Waals surface area contributed by atoms with Gasteiger partial charge in [-0.05, 0) is 71.6 Å². The smallest absolute Gasteiger partial charge is 0.134 e. The van der Waals surface area contributed by atoms with Crippen molar-refractivity contribution in [2.75, 3.05) is 0 Å². The fourth-order valence-electron chi connectivity index (χ4n) is 3.97. The van der Waals surface area contributed by atoms with Crippen molar-refractivity contribution >= 4 is 0 Å². The lowest BCUT2D eigenvalue weighted by atomic mass is 9.79. The molecule has 0 aliphatic heterocycles. The molecule has 0 bridgehead atoms. The summed E-state index contributed by atoms with van der Waals surface area (Å²) in [5, 5.41) is 0. The zero-order valence-corrected chi connectivity index (χ0v) is 14.9. The monoisotopic (exact) mass is 348 g/mol. The van der Waals surface area contributed by atoms with E-state index in [-0.39, 0.29) is 11.6 Å². The van der Waals surface area contributed by atoms with Gasteiger partial charge in [0, 0.05) is 5.56 Å². The number of aryl methyl sites for hydroxylation is 1. The van der Waals surface area contributed by atoms with Gasteiger partial charge in [-0.3, -0.25) is 0 Å². The second kappa shape index (κ2) is 7.03. The largest absolute Gasteiger partial charge is 0.207 e. The van der Waals surface area contributed by atoms with Crippen LogP contribution in [0.25, 0.3) is 11.1 Å². The molecule has 0 heterocycles. The number of fused-ring (bicyclic) bond motifs is 1. The summed E-state index contributed by atoms with van der Waals surface area (Å²) in [6.45, 7) is 2.16. The molecule has 26 heavy (non-hydrogen) atoms. The molecule has 1 aliphatic carbocycles. The van der Waals surface area contributed by atoms with Gasteiger partial charge in [-0.15, -0.1) is 0 Å². The molecule has 3 aromatic carbocycles. The molecule has 0 N–H and O–H groups in total. The fourth-order valence-corrected chi connectivity index (χ4v) is 3.97. The van der Waals surface area contributed by atoms with Crippen LogP contribution in [0.5, 0.6) is 0 Å². The first-order valence-electron chi connectivity index (χ1n) is 9.30. The Balaban J connectivity index is 1.62. The van der Waals surface area contributed by atoms with Crippen molar-refractivity contribution in [2.24, 2.45) is 0 Å². The molecule has 0 saturated heterocycles. The molecule has 1 unspecified atom stereocenters. The standard InChI is InChI=1S/C24H22F2/c1-2-16-3-5-17(6-4-16)19-9-13-23-20(15-19)10-14-22(24(23)26)18-7-11-21(25)12-8-18/h3-8,10-12,14,19H,2,9,13,15H2,1H3. The van der Waals surface area contributed by atoms with Gasteiger partial charge in [0.2, 0.25) is 0 Å². The predicted octanol–water partition coefficient (Wildman–Crippen LogP) is 6.47. The summed E-state index contributed by atoms with van der Waals surface area (Å²) in [7, 11) is 0. The average Bonchev–Trinajstić information content (AvgIpc) is 2.69. The Morgan fingerprint density at radius 3 is 2.31 bits per heavy atom. The van der Waals surface area contributed by atoms with Crippen LogP contribution in [0.15, 0.2) is 60.7 Å². The van der Waals surface area contributed by atoms with Crippen LogP contribution >= 0.6 is 0 Å². The number of benzene rings is 3. The third kappa shape index (κ3) is 3.16. The van der Waals surface area contributed by atoms with Gasteiger partial charge in [0.25, 0.3) is 0 Å². The highest BCUT2D eigenvalue weighted by Crippen LogP contribution is 2.37. The lowest BCUT2D eigenvalue weighted by molar-refractivity contribution is 0.543. The van der Waals surface area contributed by atoms with Crippen molar-refractivity contribution in [2.45, 2.75) is 38.5 Å². The molecule has 3 aromatic rings. The molecule has 4 rings (SSSR count). The molecule has 0 spiro atoms. The highest BCUT2D eigenvalue weighted by atomic mass is 19.1. The Hall–Kier alpha value is -2.48. The van der Waals surface area contributed by atoms with Crippen LogP contribution in [0.4, 0.5) is 8.78 Å². The fraction of sp³-hybridized carbons (Fsp3) is 0.250. The van der Waals surface area contributed by atoms with Crippen molar-refractivity contribution in [1.82, 2.24) is 0 Å². The minimum Gasteiger partial charge on any atom is -0.207 e. The molecule has 1 aliphatic rings. The van der Waals surface area contributed by atoms with Crippen LogP contribution in [0, 0.1) is 11.6 Å². The van der Waals surface area contributed by atoms with Gasteiger partial charge in [0.05, 0.1) is 0 Å². The van der Waals surface area contributed by atoms with E-state index in [2.05, 4.69) is 31.2 Å². The molecule has 0 saturated carbocycles. The summed E-state index contributed by atoms with van der Waals surface area (Å²) in [6, 6.07) is 18.8. The summed E-state index contributed by atoms with van der Waals surface area (Å²) < 4.78 is 28.2. The van der Waals surface area contributed by atoms with Gasteiger partial charge in [0.15, 0.2) is 0 Å². The quantitative estimate of drug-likeness (QED) is 0.509. The summed E-state index contributed by atoms with van der Waals surface area (Å²) in [4.78, 5) is 0. The summed E-state index contributed by atoms with van der Waals surface area (Å²) in [5.41, 5.74) is 5.91. The molecule has 0 amide bonds. The Bertz CT molecular complexity index is 908. The lowest BCUT2D eigenvalue weighted by Crippen LogP contribution is -2.14. The normalized spacial score (nSPS) is 16.3. The maximum Gasteiger partial charge on any atom is 0.134 e. The minimum atomic E-state index is -0.302. The highest BCUT2D eigenvalue weighted by molar-refractivity contribution is 5.66. The molecule has 0 radical (unpaired) electrons. The van der Waals surface area contributed by atoms with E-state index >= 15 is 4.39 Å². The van der Waals surface area contributed by atoms with E-state index < -0.39 is 0 Å². The van der Waals surface area contributed by atoms with E-state index in [0.717, 1.165) is 42.4 Å². The maximum absolute atomic E-state index is 15.1. The van der Waals surface area contributed by atoms with Crippen molar-refractivity contribution in [3.8, 4) is 11.1 Å². The third-order valence-corrected chi connectivity index (χ3v) is 5.56. The van der Waals surface area contributed by atoms with Gasteiger partial charge in [0.1, 0.15) is 11.6 Å². The first-order chi connectivity index (χ1) is 12.7. The van der Waals surface area contributed by atoms with Crippen LogP contribution in [0.1, 0.15) is 41.5 Å². The van der Waals surface area contributed by atoms with Gasteiger partial charge in [-0.25, -0.2) is 8.78 Å². The van der Waals surface area contributed by atoms with Crippen LogP contribution < -0.4 is 0 Å². The molecule has 132 valence electrons. The lowest BCUT2D eigenvalue weighted by Gasteiger charge is -2.26. The van der Waals surface area contributed by atoms with Crippen LogP contribution in [-0.4, -0.2) is 0 Å². The van der Waals surface area contributed by atoms with E-state index in [0.29, 0.717) is 11.5 Å². The van der Waals surface area contributed by atoms with E-state index in [9.17, 15) is 4.39 Å². The first kappa shape index (κ1) is 17.0. The zero-order chi connectivity index (χ0) is 18.1. The number of hydrogen-bond acceptors (Lipinski definition) is 0. The van der Waals surface area contributed by atoms with E-state index in [1.54, 1.807) is 12.1 Å². The Morgan fingerprint density at radius 1 is 0.885 bits per heavy atom. The van der Waals surface area contributed by atoms with Gasteiger partial charge >= 0.3 is 0 Å². The molecule has 2 heteroatoms. The van der Waals surface area contributed by atoms with Crippen LogP contribution in [0.3, 0.4) is 0 Å².